The molecule has 0 aliphatic carbocycles. The van der Waals surface area contributed by atoms with Crippen molar-refractivity contribution in [3.63, 3.8) is 0 Å². The van der Waals surface area contributed by atoms with E-state index in [9.17, 15) is 0 Å². The number of anilines is 1. The minimum absolute atomic E-state index is 0.422. The number of halogens is 1. The van der Waals surface area contributed by atoms with Gasteiger partial charge in [-0.3, -0.25) is 0 Å². The van der Waals surface area contributed by atoms with E-state index in [-0.39, 0.29) is 0 Å². The lowest BCUT2D eigenvalue weighted by molar-refractivity contribution is 0.411. The van der Waals surface area contributed by atoms with Crippen molar-refractivity contribution in [3.05, 3.63) is 35.0 Å². The molecule has 0 aliphatic heterocycles. The van der Waals surface area contributed by atoms with Gasteiger partial charge in [-0.2, -0.15) is 9.97 Å². The van der Waals surface area contributed by atoms with Crippen LogP contribution in [0.4, 0.5) is 5.95 Å². The monoisotopic (exact) mass is 294 g/mol. The Hall–Kier alpha value is -1.96. The van der Waals surface area contributed by atoms with Crippen molar-refractivity contribution in [2.75, 3.05) is 5.32 Å². The molecule has 0 bridgehead atoms. The number of hydrogen-bond donors (Lipinski definition) is 1. The summed E-state index contributed by atoms with van der Waals surface area (Å²) in [5.41, 5.74) is 0.753. The Morgan fingerprint density at radius 3 is 3.18 bits per heavy atom. The molecule has 1 N–H and O–H groups in total. The Labute approximate surface area is 104 Å². The van der Waals surface area contributed by atoms with Gasteiger partial charge in [0.25, 0.3) is 0 Å². The zero-order chi connectivity index (χ0) is 11.7. The Balaban J connectivity index is 1.84. The van der Waals surface area contributed by atoms with Crippen LogP contribution in [0.25, 0.3) is 5.65 Å². The van der Waals surface area contributed by atoms with Crippen LogP contribution in [0.5, 0.6) is 0 Å². The maximum atomic E-state index is 4.63. The van der Waals surface area contributed by atoms with Crippen molar-refractivity contribution in [2.24, 2.45) is 0 Å². The van der Waals surface area contributed by atoms with Gasteiger partial charge in [0.15, 0.2) is 11.5 Å². The third-order valence-corrected chi connectivity index (χ3v) is 2.75. The van der Waals surface area contributed by atoms with Crippen molar-refractivity contribution >= 4 is 27.5 Å². The zero-order valence-electron chi connectivity index (χ0n) is 8.54. The molecule has 0 unspecified atom stereocenters. The van der Waals surface area contributed by atoms with Gasteiger partial charge < -0.3 is 9.84 Å². The maximum absolute atomic E-state index is 4.63. The first-order valence-electron chi connectivity index (χ1n) is 4.83. The van der Waals surface area contributed by atoms with Crippen molar-refractivity contribution in [1.82, 2.24) is 24.7 Å². The van der Waals surface area contributed by atoms with E-state index in [1.165, 1.54) is 6.39 Å². The summed E-state index contributed by atoms with van der Waals surface area (Å²) in [6.45, 7) is 0.422. The number of nitrogens with zero attached hydrogens (tertiary/aromatic N) is 5. The molecular formula is C9H7BrN6O. The molecule has 3 aromatic rings. The van der Waals surface area contributed by atoms with Gasteiger partial charge in [-0.15, -0.1) is 5.10 Å². The normalized spacial score (nSPS) is 10.9. The summed E-state index contributed by atoms with van der Waals surface area (Å²) >= 11 is 3.41. The van der Waals surface area contributed by atoms with Crippen molar-refractivity contribution in [3.8, 4) is 0 Å². The summed E-state index contributed by atoms with van der Waals surface area (Å²) < 4.78 is 7.20. The van der Waals surface area contributed by atoms with Gasteiger partial charge >= 0.3 is 0 Å². The molecule has 8 heteroatoms. The average Bonchev–Trinajstić information content (AvgIpc) is 2.95. The van der Waals surface area contributed by atoms with E-state index >= 15 is 0 Å². The second kappa shape index (κ2) is 4.13. The fraction of sp³-hybridized carbons (Fsp3) is 0.111. The van der Waals surface area contributed by atoms with Crippen LogP contribution in [0.2, 0.25) is 0 Å². The van der Waals surface area contributed by atoms with Crippen LogP contribution in [0.3, 0.4) is 0 Å². The highest BCUT2D eigenvalue weighted by molar-refractivity contribution is 9.10. The van der Waals surface area contributed by atoms with E-state index in [0.717, 1.165) is 10.1 Å². The van der Waals surface area contributed by atoms with E-state index in [2.05, 4.69) is 46.0 Å². The van der Waals surface area contributed by atoms with E-state index in [1.807, 2.05) is 18.3 Å². The summed E-state index contributed by atoms with van der Waals surface area (Å²) in [6.07, 6.45) is 3.11. The van der Waals surface area contributed by atoms with E-state index in [0.29, 0.717) is 18.3 Å². The lowest BCUT2D eigenvalue weighted by Gasteiger charge is -1.94. The van der Waals surface area contributed by atoms with Gasteiger partial charge in [0, 0.05) is 6.20 Å². The summed E-state index contributed by atoms with van der Waals surface area (Å²) in [5, 5.41) is 10.9. The standard InChI is InChI=1S/C9H7BrN6O/c10-6-2-1-3-16-8(6)13-9(14-16)11-4-7-12-5-17-15-7/h1-3,5H,4H2,(H,11,14). The highest BCUT2D eigenvalue weighted by Gasteiger charge is 2.06. The highest BCUT2D eigenvalue weighted by atomic mass is 79.9. The minimum atomic E-state index is 0.422. The molecule has 7 nitrogen and oxygen atoms in total. The quantitative estimate of drug-likeness (QED) is 0.788. The predicted molar refractivity (Wildman–Crippen MR) is 62.3 cm³/mol. The summed E-state index contributed by atoms with van der Waals surface area (Å²) in [5.74, 6) is 1.07. The molecule has 0 amide bonds. The number of aromatic nitrogens is 5. The molecule has 0 atom stereocenters. The first kappa shape index (κ1) is 10.2. The predicted octanol–water partition coefficient (Wildman–Crippen LogP) is 1.49. The number of fused-ring (bicyclic) bond motifs is 1. The van der Waals surface area contributed by atoms with Gasteiger partial charge in [0.1, 0.15) is 0 Å². The second-order valence-corrected chi connectivity index (χ2v) is 4.12. The molecule has 0 radical (unpaired) electrons. The van der Waals surface area contributed by atoms with E-state index < -0.39 is 0 Å². The van der Waals surface area contributed by atoms with Crippen LogP contribution in [0.1, 0.15) is 5.82 Å². The van der Waals surface area contributed by atoms with Crippen LogP contribution in [0, 0.1) is 0 Å². The van der Waals surface area contributed by atoms with E-state index in [4.69, 9.17) is 0 Å². The lowest BCUT2D eigenvalue weighted by atomic mass is 10.5. The second-order valence-electron chi connectivity index (χ2n) is 3.26. The molecule has 0 aromatic carbocycles. The summed E-state index contributed by atoms with van der Waals surface area (Å²) in [7, 11) is 0. The third kappa shape index (κ3) is 1.98. The van der Waals surface area contributed by atoms with Gasteiger partial charge in [-0.1, -0.05) is 5.16 Å². The molecule has 0 spiro atoms. The van der Waals surface area contributed by atoms with Crippen molar-refractivity contribution < 1.29 is 4.52 Å². The molecule has 0 saturated heterocycles. The molecule has 0 aliphatic rings. The first-order valence-corrected chi connectivity index (χ1v) is 5.62. The SMILES string of the molecule is Brc1cccn2nc(NCc3ncon3)nc12. The molecule has 0 fully saturated rings. The molecule has 0 saturated carbocycles. The van der Waals surface area contributed by atoms with Crippen LogP contribution < -0.4 is 5.32 Å². The Morgan fingerprint density at radius 2 is 2.41 bits per heavy atom. The van der Waals surface area contributed by atoms with Crippen LogP contribution >= 0.6 is 15.9 Å². The van der Waals surface area contributed by atoms with Crippen LogP contribution in [0.15, 0.2) is 33.7 Å². The number of nitrogens with one attached hydrogen (secondary N) is 1. The third-order valence-electron chi connectivity index (χ3n) is 2.13. The average molecular weight is 295 g/mol. The van der Waals surface area contributed by atoms with E-state index in [1.54, 1.807) is 4.52 Å². The maximum Gasteiger partial charge on any atom is 0.243 e. The molecule has 17 heavy (non-hydrogen) atoms. The Morgan fingerprint density at radius 1 is 1.47 bits per heavy atom. The molecule has 3 rings (SSSR count). The number of hydrogen-bond acceptors (Lipinski definition) is 6. The van der Waals surface area contributed by atoms with Crippen LogP contribution in [-0.2, 0) is 6.54 Å². The molecule has 3 heterocycles. The van der Waals surface area contributed by atoms with Gasteiger partial charge in [-0.05, 0) is 28.1 Å². The smallest absolute Gasteiger partial charge is 0.243 e. The number of pyridine rings is 1. The lowest BCUT2D eigenvalue weighted by Crippen LogP contribution is -2.02. The minimum Gasteiger partial charge on any atom is -0.345 e. The first-order chi connectivity index (χ1) is 8.33. The fourth-order valence-corrected chi connectivity index (χ4v) is 1.80. The molecule has 3 aromatic heterocycles. The van der Waals surface area contributed by atoms with Gasteiger partial charge in [0.2, 0.25) is 12.3 Å². The summed E-state index contributed by atoms with van der Waals surface area (Å²) in [6, 6.07) is 3.79. The van der Waals surface area contributed by atoms with Gasteiger partial charge in [0.05, 0.1) is 11.0 Å². The van der Waals surface area contributed by atoms with Crippen molar-refractivity contribution in [1.29, 1.82) is 0 Å². The Kier molecular flexibility index (Phi) is 2.48. The van der Waals surface area contributed by atoms with Gasteiger partial charge in [-0.25, -0.2) is 4.52 Å². The zero-order valence-corrected chi connectivity index (χ0v) is 10.1. The van der Waals surface area contributed by atoms with Crippen molar-refractivity contribution in [2.45, 2.75) is 6.54 Å². The highest BCUT2D eigenvalue weighted by Crippen LogP contribution is 2.16. The largest absolute Gasteiger partial charge is 0.345 e. The fourth-order valence-electron chi connectivity index (χ4n) is 1.38. The summed E-state index contributed by atoms with van der Waals surface area (Å²) in [4.78, 5) is 8.21. The number of rotatable bonds is 3. The van der Waals surface area contributed by atoms with Crippen LogP contribution in [-0.4, -0.2) is 24.7 Å². The Bertz CT molecular complexity index is 634. The molecular weight excluding hydrogens is 288 g/mol. The molecule has 86 valence electrons. The topological polar surface area (TPSA) is 81.1 Å².